The number of hydrogen-bond acceptors (Lipinski definition) is 4. The van der Waals surface area contributed by atoms with E-state index in [4.69, 9.17) is 4.74 Å². The van der Waals surface area contributed by atoms with Crippen molar-refractivity contribution in [3.05, 3.63) is 82.3 Å². The van der Waals surface area contributed by atoms with Crippen molar-refractivity contribution in [3.8, 4) is 11.4 Å². The van der Waals surface area contributed by atoms with Crippen LogP contribution in [-0.2, 0) is 0 Å². The lowest BCUT2D eigenvalue weighted by atomic mass is 10.2. The maximum absolute atomic E-state index is 12.6. The standard InChI is InChI=1S/C20H19N3O3/c1-3-26-18-10-5-4-9-16(18)21-20(25)19-17(24)11-12-23(22-19)15-8-6-7-14(2)13-15/h4-13H,3H2,1-2H3,(H,21,25). The number of amides is 1. The van der Waals surface area contributed by atoms with Gasteiger partial charge in [0.1, 0.15) is 5.75 Å². The highest BCUT2D eigenvalue weighted by atomic mass is 16.5. The van der Waals surface area contributed by atoms with Crippen LogP contribution in [0.2, 0.25) is 0 Å². The van der Waals surface area contributed by atoms with E-state index in [-0.39, 0.29) is 5.69 Å². The largest absolute Gasteiger partial charge is 0.492 e. The van der Waals surface area contributed by atoms with Gasteiger partial charge < -0.3 is 10.1 Å². The van der Waals surface area contributed by atoms with Crippen LogP contribution in [-0.4, -0.2) is 22.3 Å². The lowest BCUT2D eigenvalue weighted by Gasteiger charge is -2.11. The van der Waals surface area contributed by atoms with Crippen LogP contribution < -0.4 is 15.5 Å². The van der Waals surface area contributed by atoms with E-state index in [2.05, 4.69) is 10.4 Å². The fourth-order valence-corrected chi connectivity index (χ4v) is 2.51. The molecule has 0 bridgehead atoms. The molecule has 132 valence electrons. The number of benzene rings is 2. The highest BCUT2D eigenvalue weighted by molar-refractivity contribution is 6.03. The Morgan fingerprint density at radius 3 is 2.73 bits per heavy atom. The van der Waals surface area contributed by atoms with Crippen LogP contribution in [0.25, 0.3) is 5.69 Å². The van der Waals surface area contributed by atoms with Crippen LogP contribution >= 0.6 is 0 Å². The molecule has 3 aromatic rings. The summed E-state index contributed by atoms with van der Waals surface area (Å²) in [5.41, 5.74) is 1.69. The number of aromatic nitrogens is 2. The molecule has 0 spiro atoms. The molecular weight excluding hydrogens is 330 g/mol. The molecule has 1 heterocycles. The number of hydrogen-bond donors (Lipinski definition) is 1. The number of nitrogens with zero attached hydrogens (tertiary/aromatic N) is 2. The average Bonchev–Trinajstić information content (AvgIpc) is 2.64. The average molecular weight is 349 g/mol. The predicted molar refractivity (Wildman–Crippen MR) is 100 cm³/mol. The minimum Gasteiger partial charge on any atom is -0.492 e. The first-order chi connectivity index (χ1) is 12.6. The van der Waals surface area contributed by atoms with Crippen LogP contribution in [0.15, 0.2) is 65.6 Å². The maximum atomic E-state index is 12.6. The molecule has 0 saturated heterocycles. The SMILES string of the molecule is CCOc1ccccc1NC(=O)c1nn(-c2cccc(C)c2)ccc1=O. The molecule has 0 radical (unpaired) electrons. The van der Waals surface area contributed by atoms with E-state index in [1.807, 2.05) is 44.2 Å². The Bertz CT molecular complexity index is 995. The number of ether oxygens (including phenoxy) is 1. The van der Waals surface area contributed by atoms with Gasteiger partial charge in [0, 0.05) is 12.3 Å². The minimum absolute atomic E-state index is 0.180. The number of carbonyl (C=O) groups is 1. The Morgan fingerprint density at radius 2 is 1.96 bits per heavy atom. The van der Waals surface area contributed by atoms with Crippen molar-refractivity contribution in [2.24, 2.45) is 0 Å². The monoisotopic (exact) mass is 349 g/mol. The lowest BCUT2D eigenvalue weighted by Crippen LogP contribution is -2.25. The van der Waals surface area contributed by atoms with Crippen LogP contribution in [0.4, 0.5) is 5.69 Å². The maximum Gasteiger partial charge on any atom is 0.280 e. The second kappa shape index (κ2) is 7.65. The Hall–Kier alpha value is -3.41. The Kier molecular flexibility index (Phi) is 5.12. The first-order valence-corrected chi connectivity index (χ1v) is 8.28. The number of carbonyl (C=O) groups excluding carboxylic acids is 1. The van der Waals surface area contributed by atoms with Crippen molar-refractivity contribution in [1.82, 2.24) is 9.78 Å². The van der Waals surface area contributed by atoms with Crippen molar-refractivity contribution in [3.63, 3.8) is 0 Å². The van der Waals surface area contributed by atoms with Gasteiger partial charge in [0.2, 0.25) is 5.43 Å². The molecule has 0 aliphatic heterocycles. The number of aryl methyl sites for hydroxylation is 1. The van der Waals surface area contributed by atoms with Gasteiger partial charge in [-0.15, -0.1) is 0 Å². The zero-order chi connectivity index (χ0) is 18.5. The van der Waals surface area contributed by atoms with Gasteiger partial charge >= 0.3 is 0 Å². The van der Waals surface area contributed by atoms with Crippen molar-refractivity contribution >= 4 is 11.6 Å². The molecule has 0 atom stereocenters. The molecule has 1 aromatic heterocycles. The summed E-state index contributed by atoms with van der Waals surface area (Å²) in [5, 5.41) is 6.91. The second-order valence-electron chi connectivity index (χ2n) is 5.70. The van der Waals surface area contributed by atoms with Crippen LogP contribution in [0.5, 0.6) is 5.75 Å². The van der Waals surface area contributed by atoms with Gasteiger partial charge in [-0.05, 0) is 43.7 Å². The zero-order valence-corrected chi connectivity index (χ0v) is 14.6. The minimum atomic E-state index is -0.579. The molecule has 0 saturated carbocycles. The molecule has 26 heavy (non-hydrogen) atoms. The number of para-hydroxylation sites is 2. The van der Waals surface area contributed by atoms with E-state index >= 15 is 0 Å². The lowest BCUT2D eigenvalue weighted by molar-refractivity contribution is 0.101. The van der Waals surface area contributed by atoms with Crippen molar-refractivity contribution in [2.75, 3.05) is 11.9 Å². The normalized spacial score (nSPS) is 10.4. The number of anilines is 1. The predicted octanol–water partition coefficient (Wildman–Crippen LogP) is 3.19. The topological polar surface area (TPSA) is 73.2 Å². The summed E-state index contributed by atoms with van der Waals surface area (Å²) in [4.78, 5) is 24.7. The molecule has 6 nitrogen and oxygen atoms in total. The van der Waals surface area contributed by atoms with Gasteiger partial charge in [0.25, 0.3) is 5.91 Å². The van der Waals surface area contributed by atoms with Gasteiger partial charge in [0.05, 0.1) is 18.0 Å². The second-order valence-corrected chi connectivity index (χ2v) is 5.70. The van der Waals surface area contributed by atoms with Gasteiger partial charge in [-0.2, -0.15) is 5.10 Å². The van der Waals surface area contributed by atoms with Crippen molar-refractivity contribution in [2.45, 2.75) is 13.8 Å². The fraction of sp³-hybridized carbons (Fsp3) is 0.150. The third kappa shape index (κ3) is 3.80. The summed E-state index contributed by atoms with van der Waals surface area (Å²) in [6.07, 6.45) is 1.54. The highest BCUT2D eigenvalue weighted by Crippen LogP contribution is 2.23. The molecular formula is C20H19N3O3. The smallest absolute Gasteiger partial charge is 0.280 e. The summed E-state index contributed by atoms with van der Waals surface area (Å²) in [6, 6.07) is 16.0. The summed E-state index contributed by atoms with van der Waals surface area (Å²) in [5.74, 6) is -0.0394. The van der Waals surface area contributed by atoms with Gasteiger partial charge in [-0.25, -0.2) is 4.68 Å². The molecule has 0 unspecified atom stereocenters. The van der Waals surface area contributed by atoms with Crippen LogP contribution in [0.1, 0.15) is 23.0 Å². The molecule has 0 fully saturated rings. The zero-order valence-electron chi connectivity index (χ0n) is 14.6. The summed E-state index contributed by atoms with van der Waals surface area (Å²) in [6.45, 7) is 4.29. The molecule has 3 rings (SSSR count). The van der Waals surface area contributed by atoms with Crippen molar-refractivity contribution < 1.29 is 9.53 Å². The quantitative estimate of drug-likeness (QED) is 0.768. The third-order valence-corrected chi connectivity index (χ3v) is 3.72. The van der Waals surface area contributed by atoms with Gasteiger partial charge in [-0.1, -0.05) is 24.3 Å². The third-order valence-electron chi connectivity index (χ3n) is 3.72. The summed E-state index contributed by atoms with van der Waals surface area (Å²) in [7, 11) is 0. The van der Waals surface area contributed by atoms with E-state index in [9.17, 15) is 9.59 Å². The van der Waals surface area contributed by atoms with Gasteiger partial charge in [0.15, 0.2) is 5.69 Å². The van der Waals surface area contributed by atoms with Crippen LogP contribution in [0, 0.1) is 6.92 Å². The van der Waals surface area contributed by atoms with E-state index in [1.54, 1.807) is 24.4 Å². The molecule has 0 aliphatic carbocycles. The Labute approximate surface area is 151 Å². The van der Waals surface area contributed by atoms with Crippen LogP contribution in [0.3, 0.4) is 0 Å². The van der Waals surface area contributed by atoms with Crippen molar-refractivity contribution in [1.29, 1.82) is 0 Å². The molecule has 6 heteroatoms. The van der Waals surface area contributed by atoms with E-state index in [0.717, 1.165) is 11.3 Å². The Morgan fingerprint density at radius 1 is 1.15 bits per heavy atom. The van der Waals surface area contributed by atoms with E-state index in [1.165, 1.54) is 10.7 Å². The molecule has 1 amide bonds. The number of rotatable bonds is 5. The molecule has 0 aliphatic rings. The first-order valence-electron chi connectivity index (χ1n) is 8.28. The summed E-state index contributed by atoms with van der Waals surface area (Å²) >= 11 is 0. The highest BCUT2D eigenvalue weighted by Gasteiger charge is 2.15. The van der Waals surface area contributed by atoms with Gasteiger partial charge in [-0.3, -0.25) is 9.59 Å². The van der Waals surface area contributed by atoms with E-state index in [0.29, 0.717) is 18.0 Å². The summed E-state index contributed by atoms with van der Waals surface area (Å²) < 4.78 is 7.00. The fourth-order valence-electron chi connectivity index (χ4n) is 2.51. The number of nitrogens with one attached hydrogen (secondary N) is 1. The Balaban J connectivity index is 1.93. The first kappa shape index (κ1) is 17.4. The van der Waals surface area contributed by atoms with E-state index < -0.39 is 11.3 Å². The molecule has 2 aromatic carbocycles. The molecule has 1 N–H and O–H groups in total.